The van der Waals surface area contributed by atoms with Crippen LogP contribution in [0.15, 0.2) is 61.1 Å². The summed E-state index contributed by atoms with van der Waals surface area (Å²) in [6, 6.07) is 15.3. The van der Waals surface area contributed by atoms with Gasteiger partial charge in [-0.05, 0) is 12.1 Å². The van der Waals surface area contributed by atoms with E-state index >= 15 is 0 Å². The van der Waals surface area contributed by atoms with Crippen LogP contribution >= 0.6 is 0 Å². The van der Waals surface area contributed by atoms with Gasteiger partial charge in [0.2, 0.25) is 5.91 Å². The van der Waals surface area contributed by atoms with Crippen molar-refractivity contribution in [3.63, 3.8) is 0 Å². The molecule has 0 aliphatic carbocycles. The number of hydrogen-bond acceptors (Lipinski definition) is 7. The molecule has 0 spiro atoms. The summed E-state index contributed by atoms with van der Waals surface area (Å²) in [6.07, 6.45) is 3.24. The van der Waals surface area contributed by atoms with Gasteiger partial charge in [0.1, 0.15) is 23.6 Å². The molecule has 4 aromatic rings. The molecule has 33 heavy (non-hydrogen) atoms. The Kier molecular flexibility index (Phi) is 5.86. The fourth-order valence-corrected chi connectivity index (χ4v) is 4.05. The smallest absolute Gasteiger partial charge is 0.232 e. The monoisotopic (exact) mass is 444 g/mol. The van der Waals surface area contributed by atoms with Crippen molar-refractivity contribution in [2.75, 3.05) is 32.1 Å². The zero-order chi connectivity index (χ0) is 22.6. The first-order valence-electron chi connectivity index (χ1n) is 10.8. The molecule has 168 valence electrons. The summed E-state index contributed by atoms with van der Waals surface area (Å²) in [5.74, 6) is 1.62. The predicted octanol–water partition coefficient (Wildman–Crippen LogP) is 2.94. The Morgan fingerprint density at radius 2 is 1.79 bits per heavy atom. The number of carbonyl (C=O) groups is 1. The average molecular weight is 444 g/mol. The van der Waals surface area contributed by atoms with E-state index in [4.69, 9.17) is 9.47 Å². The van der Waals surface area contributed by atoms with E-state index in [2.05, 4.69) is 25.7 Å². The first-order valence-corrected chi connectivity index (χ1v) is 10.8. The first-order chi connectivity index (χ1) is 16.3. The number of rotatable bonds is 8. The van der Waals surface area contributed by atoms with Crippen LogP contribution in [0.4, 0.5) is 5.82 Å². The largest absolute Gasteiger partial charge is 0.457 e. The van der Waals surface area contributed by atoms with Gasteiger partial charge in [-0.25, -0.2) is 14.6 Å². The third-order valence-electron chi connectivity index (χ3n) is 5.60. The maximum absolute atomic E-state index is 13.3. The van der Waals surface area contributed by atoms with Gasteiger partial charge in [-0.2, -0.15) is 5.10 Å². The van der Waals surface area contributed by atoms with E-state index < -0.39 is 5.92 Å². The molecule has 9 heteroatoms. The van der Waals surface area contributed by atoms with Crippen molar-refractivity contribution in [1.29, 1.82) is 0 Å². The Morgan fingerprint density at radius 3 is 2.52 bits per heavy atom. The first kappa shape index (κ1) is 20.9. The van der Waals surface area contributed by atoms with E-state index in [1.807, 2.05) is 48.5 Å². The second-order valence-corrected chi connectivity index (χ2v) is 7.65. The topological polar surface area (TPSA) is 103 Å². The molecule has 2 aromatic carbocycles. The summed E-state index contributed by atoms with van der Waals surface area (Å²) in [7, 11) is 1.65. The molecule has 1 aliphatic rings. The Hall–Kier alpha value is -3.98. The summed E-state index contributed by atoms with van der Waals surface area (Å²) in [4.78, 5) is 21.9. The second kappa shape index (κ2) is 9.25. The number of nitrogens with one attached hydrogen (secondary N) is 2. The Labute approximate surface area is 190 Å². The molecular formula is C24H24N6O3. The number of anilines is 1. The molecule has 0 fully saturated rings. The Bertz CT molecular complexity index is 1240. The van der Waals surface area contributed by atoms with Crippen LogP contribution < -0.4 is 15.4 Å². The van der Waals surface area contributed by atoms with E-state index in [0.29, 0.717) is 49.2 Å². The maximum Gasteiger partial charge on any atom is 0.232 e. The number of fused-ring (bicyclic) bond motifs is 3. The maximum atomic E-state index is 13.3. The number of nitrogens with zero attached hydrogens (tertiary/aromatic N) is 4. The highest BCUT2D eigenvalue weighted by Crippen LogP contribution is 2.43. The van der Waals surface area contributed by atoms with Crippen molar-refractivity contribution < 1.29 is 14.3 Å². The molecule has 1 amide bonds. The molecule has 2 aromatic heterocycles. The molecule has 1 aliphatic heterocycles. The lowest BCUT2D eigenvalue weighted by atomic mass is 9.87. The third-order valence-corrected chi connectivity index (χ3v) is 5.60. The normalized spacial score (nSPS) is 12.6. The zero-order valence-corrected chi connectivity index (χ0v) is 18.2. The van der Waals surface area contributed by atoms with E-state index in [1.54, 1.807) is 18.0 Å². The SMILES string of the molecule is COCCNc1ncnc2c1cnn2CCNC(=O)C1c2ccccc2Oc2ccccc21. The van der Waals surface area contributed by atoms with Crippen LogP contribution in [-0.4, -0.2) is 52.5 Å². The van der Waals surface area contributed by atoms with Gasteiger partial charge in [0.25, 0.3) is 0 Å². The van der Waals surface area contributed by atoms with Crippen LogP contribution in [-0.2, 0) is 16.1 Å². The van der Waals surface area contributed by atoms with Crippen LogP contribution in [0, 0.1) is 0 Å². The van der Waals surface area contributed by atoms with Crippen molar-refractivity contribution in [3.05, 3.63) is 72.2 Å². The van der Waals surface area contributed by atoms with Gasteiger partial charge in [-0.15, -0.1) is 0 Å². The predicted molar refractivity (Wildman–Crippen MR) is 123 cm³/mol. The zero-order valence-electron chi connectivity index (χ0n) is 18.2. The quantitative estimate of drug-likeness (QED) is 0.403. The van der Waals surface area contributed by atoms with Crippen LogP contribution in [0.3, 0.4) is 0 Å². The summed E-state index contributed by atoms with van der Waals surface area (Å²) in [5.41, 5.74) is 2.43. The van der Waals surface area contributed by atoms with Gasteiger partial charge < -0.3 is 20.1 Å². The van der Waals surface area contributed by atoms with Crippen molar-refractivity contribution in [1.82, 2.24) is 25.1 Å². The van der Waals surface area contributed by atoms with Crippen LogP contribution in [0.25, 0.3) is 11.0 Å². The lowest BCUT2D eigenvalue weighted by molar-refractivity contribution is -0.121. The standard InChI is InChI=1S/C24H24N6O3/c1-32-13-11-25-22-18-14-29-30(23(18)28-15-27-22)12-10-26-24(31)21-16-6-2-4-8-19(16)33-20-9-5-3-7-17(20)21/h2-9,14-15,21H,10-13H2,1H3,(H,26,31)(H,25,27,28). The van der Waals surface area contributed by atoms with E-state index in [1.165, 1.54) is 6.33 Å². The van der Waals surface area contributed by atoms with Gasteiger partial charge in [0.15, 0.2) is 5.65 Å². The summed E-state index contributed by atoms with van der Waals surface area (Å²) in [6.45, 7) is 2.10. The third kappa shape index (κ3) is 4.10. The second-order valence-electron chi connectivity index (χ2n) is 7.65. The molecule has 0 bridgehead atoms. The summed E-state index contributed by atoms with van der Waals surface area (Å²) >= 11 is 0. The van der Waals surface area contributed by atoms with Crippen molar-refractivity contribution >= 4 is 22.8 Å². The average Bonchev–Trinajstić information content (AvgIpc) is 3.26. The molecule has 3 heterocycles. The molecule has 2 N–H and O–H groups in total. The molecular weight excluding hydrogens is 420 g/mol. The van der Waals surface area contributed by atoms with Crippen LogP contribution in [0.1, 0.15) is 17.0 Å². The van der Waals surface area contributed by atoms with E-state index in [-0.39, 0.29) is 5.91 Å². The lowest BCUT2D eigenvalue weighted by Gasteiger charge is -2.27. The van der Waals surface area contributed by atoms with Gasteiger partial charge >= 0.3 is 0 Å². The van der Waals surface area contributed by atoms with E-state index in [9.17, 15) is 4.79 Å². The number of carbonyl (C=O) groups excluding carboxylic acids is 1. The molecule has 0 saturated heterocycles. The van der Waals surface area contributed by atoms with Crippen LogP contribution in [0.2, 0.25) is 0 Å². The molecule has 9 nitrogen and oxygen atoms in total. The highest BCUT2D eigenvalue weighted by Gasteiger charge is 2.32. The molecule has 0 saturated carbocycles. The van der Waals surface area contributed by atoms with Gasteiger partial charge in [0, 0.05) is 31.3 Å². The Morgan fingerprint density at radius 1 is 1.06 bits per heavy atom. The number of para-hydroxylation sites is 2. The lowest BCUT2D eigenvalue weighted by Crippen LogP contribution is -2.33. The van der Waals surface area contributed by atoms with Crippen molar-refractivity contribution in [2.24, 2.45) is 0 Å². The van der Waals surface area contributed by atoms with Crippen molar-refractivity contribution in [3.8, 4) is 11.5 Å². The number of methoxy groups -OCH3 is 1. The highest BCUT2D eigenvalue weighted by atomic mass is 16.5. The van der Waals surface area contributed by atoms with E-state index in [0.717, 1.165) is 16.5 Å². The summed E-state index contributed by atoms with van der Waals surface area (Å²) in [5, 5.41) is 11.6. The number of aromatic nitrogens is 4. The van der Waals surface area contributed by atoms with Crippen molar-refractivity contribution in [2.45, 2.75) is 12.5 Å². The number of hydrogen-bond donors (Lipinski definition) is 2. The highest BCUT2D eigenvalue weighted by molar-refractivity contribution is 5.89. The molecule has 0 radical (unpaired) electrons. The van der Waals surface area contributed by atoms with Crippen LogP contribution in [0.5, 0.6) is 11.5 Å². The number of benzene rings is 2. The summed E-state index contributed by atoms with van der Waals surface area (Å²) < 4.78 is 12.8. The molecule has 5 rings (SSSR count). The number of ether oxygens (including phenoxy) is 2. The Balaban J connectivity index is 1.30. The number of amides is 1. The minimum absolute atomic E-state index is 0.0776. The molecule has 0 atom stereocenters. The van der Waals surface area contributed by atoms with Gasteiger partial charge in [0.05, 0.1) is 30.7 Å². The van der Waals surface area contributed by atoms with Gasteiger partial charge in [-0.1, -0.05) is 36.4 Å². The fourth-order valence-electron chi connectivity index (χ4n) is 4.05. The van der Waals surface area contributed by atoms with Gasteiger partial charge in [-0.3, -0.25) is 4.79 Å². The fraction of sp³-hybridized carbons (Fsp3) is 0.250. The molecule has 0 unspecified atom stereocenters. The minimum atomic E-state index is -0.431. The minimum Gasteiger partial charge on any atom is -0.457 e.